The van der Waals surface area contributed by atoms with Crippen LogP contribution in [-0.4, -0.2) is 0 Å². The Bertz CT molecular complexity index is 378. The largest absolute Gasteiger partial charge is 0.271 e. The van der Waals surface area contributed by atoms with Crippen LogP contribution in [-0.2, 0) is 0 Å². The van der Waals surface area contributed by atoms with Crippen molar-refractivity contribution in [1.82, 2.24) is 5.43 Å². The predicted octanol–water partition coefficient (Wildman–Crippen LogP) is 3.67. The van der Waals surface area contributed by atoms with E-state index in [1.54, 1.807) is 6.07 Å². The molecule has 0 radical (unpaired) electrons. The maximum absolute atomic E-state index is 13.5. The zero-order chi connectivity index (χ0) is 12.3. The molecule has 0 aliphatic heterocycles. The molecule has 0 amide bonds. The van der Waals surface area contributed by atoms with Gasteiger partial charge in [0.15, 0.2) is 0 Å². The lowest BCUT2D eigenvalue weighted by Gasteiger charge is -2.30. The third-order valence-electron chi connectivity index (χ3n) is 3.62. The minimum atomic E-state index is -0.224. The molecule has 1 aliphatic carbocycles. The molecule has 1 atom stereocenters. The Hall–Kier alpha value is -0.450. The summed E-state index contributed by atoms with van der Waals surface area (Å²) >= 11 is 3.32. The summed E-state index contributed by atoms with van der Waals surface area (Å²) in [6, 6.07) is 5.18. The summed E-state index contributed by atoms with van der Waals surface area (Å²) in [7, 11) is 0. The topological polar surface area (TPSA) is 38.0 Å². The summed E-state index contributed by atoms with van der Waals surface area (Å²) < 4.78 is 14.1. The van der Waals surface area contributed by atoms with Crippen molar-refractivity contribution < 1.29 is 4.39 Å². The van der Waals surface area contributed by atoms with Crippen LogP contribution in [0.1, 0.15) is 43.7 Å². The quantitative estimate of drug-likeness (QED) is 0.660. The molecule has 1 saturated carbocycles. The average molecular weight is 301 g/mol. The van der Waals surface area contributed by atoms with Crippen molar-refractivity contribution in [3.8, 4) is 0 Å². The molecular formula is C13H18BrFN2. The first-order valence-electron chi connectivity index (χ1n) is 6.14. The number of rotatable bonds is 3. The molecule has 2 rings (SSSR count). The number of nitrogens with one attached hydrogen (secondary N) is 1. The van der Waals surface area contributed by atoms with Gasteiger partial charge in [0.25, 0.3) is 0 Å². The molecule has 2 nitrogen and oxygen atoms in total. The van der Waals surface area contributed by atoms with Gasteiger partial charge in [-0.3, -0.25) is 11.3 Å². The smallest absolute Gasteiger partial charge is 0.137 e. The fourth-order valence-corrected chi connectivity index (χ4v) is 3.22. The number of hydrazine groups is 1. The zero-order valence-corrected chi connectivity index (χ0v) is 11.3. The highest BCUT2D eigenvalue weighted by Gasteiger charge is 2.26. The van der Waals surface area contributed by atoms with Crippen molar-refractivity contribution >= 4 is 15.9 Å². The predicted molar refractivity (Wildman–Crippen MR) is 70.7 cm³/mol. The standard InChI is InChI=1S/C13H18BrFN2/c14-12-10(7-4-8-11(12)15)13(17-16)9-5-2-1-3-6-9/h4,7-9,13,17H,1-3,5-6,16H2. The lowest BCUT2D eigenvalue weighted by atomic mass is 9.81. The van der Waals surface area contributed by atoms with Gasteiger partial charge < -0.3 is 0 Å². The fourth-order valence-electron chi connectivity index (χ4n) is 2.71. The Kier molecular flexibility index (Phi) is 4.54. The van der Waals surface area contributed by atoms with E-state index in [1.165, 1.54) is 25.3 Å². The maximum atomic E-state index is 13.5. The van der Waals surface area contributed by atoms with Crippen LogP contribution in [0.2, 0.25) is 0 Å². The molecule has 0 bridgehead atoms. The Morgan fingerprint density at radius 2 is 2.00 bits per heavy atom. The normalized spacial score (nSPS) is 19.2. The second-order valence-corrected chi connectivity index (χ2v) is 5.48. The van der Waals surface area contributed by atoms with Gasteiger partial charge in [-0.05, 0) is 46.3 Å². The third kappa shape index (κ3) is 2.87. The summed E-state index contributed by atoms with van der Waals surface area (Å²) in [4.78, 5) is 0. The van der Waals surface area contributed by atoms with E-state index in [0.717, 1.165) is 18.4 Å². The van der Waals surface area contributed by atoms with Gasteiger partial charge in [-0.25, -0.2) is 4.39 Å². The molecule has 0 saturated heterocycles. The van der Waals surface area contributed by atoms with Gasteiger partial charge in [0.1, 0.15) is 5.82 Å². The van der Waals surface area contributed by atoms with Gasteiger partial charge in [0.2, 0.25) is 0 Å². The van der Waals surface area contributed by atoms with E-state index in [4.69, 9.17) is 5.84 Å². The average Bonchev–Trinajstić information content (AvgIpc) is 2.37. The summed E-state index contributed by atoms with van der Waals surface area (Å²) in [6.45, 7) is 0. The van der Waals surface area contributed by atoms with E-state index in [9.17, 15) is 4.39 Å². The first-order valence-corrected chi connectivity index (χ1v) is 6.93. The van der Waals surface area contributed by atoms with Crippen molar-refractivity contribution in [3.05, 3.63) is 34.1 Å². The van der Waals surface area contributed by atoms with Crippen LogP contribution in [0.25, 0.3) is 0 Å². The highest BCUT2D eigenvalue weighted by Crippen LogP contribution is 2.37. The molecule has 94 valence electrons. The lowest BCUT2D eigenvalue weighted by Crippen LogP contribution is -2.34. The second kappa shape index (κ2) is 5.94. The molecule has 1 fully saturated rings. The van der Waals surface area contributed by atoms with Crippen LogP contribution in [0, 0.1) is 11.7 Å². The molecule has 0 aromatic heterocycles. The van der Waals surface area contributed by atoms with Crippen LogP contribution in [0.5, 0.6) is 0 Å². The summed E-state index contributed by atoms with van der Waals surface area (Å²) in [6.07, 6.45) is 6.12. The fraction of sp³-hybridized carbons (Fsp3) is 0.538. The van der Waals surface area contributed by atoms with Crippen molar-refractivity contribution in [2.24, 2.45) is 11.8 Å². The van der Waals surface area contributed by atoms with E-state index >= 15 is 0 Å². The highest BCUT2D eigenvalue weighted by atomic mass is 79.9. The minimum absolute atomic E-state index is 0.0420. The van der Waals surface area contributed by atoms with Gasteiger partial charge in [-0.1, -0.05) is 31.4 Å². The number of nitrogens with two attached hydrogens (primary N) is 1. The number of hydrogen-bond donors (Lipinski definition) is 2. The molecule has 17 heavy (non-hydrogen) atoms. The van der Waals surface area contributed by atoms with Crippen LogP contribution in [0.15, 0.2) is 22.7 Å². The van der Waals surface area contributed by atoms with Crippen LogP contribution in [0.3, 0.4) is 0 Å². The zero-order valence-electron chi connectivity index (χ0n) is 9.76. The minimum Gasteiger partial charge on any atom is -0.271 e. The van der Waals surface area contributed by atoms with Gasteiger partial charge in [-0.15, -0.1) is 0 Å². The van der Waals surface area contributed by atoms with Crippen LogP contribution < -0.4 is 11.3 Å². The molecule has 1 aromatic carbocycles. The Labute approximate surface area is 110 Å². The SMILES string of the molecule is NNC(c1cccc(F)c1Br)C1CCCCC1. The second-order valence-electron chi connectivity index (χ2n) is 4.69. The van der Waals surface area contributed by atoms with E-state index in [0.29, 0.717) is 10.4 Å². The first kappa shape index (κ1) is 13.0. The van der Waals surface area contributed by atoms with Crippen LogP contribution >= 0.6 is 15.9 Å². The van der Waals surface area contributed by atoms with Gasteiger partial charge in [-0.2, -0.15) is 0 Å². The highest BCUT2D eigenvalue weighted by molar-refractivity contribution is 9.10. The molecule has 1 unspecified atom stereocenters. The number of benzene rings is 1. The van der Waals surface area contributed by atoms with E-state index in [2.05, 4.69) is 21.4 Å². The molecule has 1 aromatic rings. The number of hydrogen-bond acceptors (Lipinski definition) is 2. The Morgan fingerprint density at radius 3 is 2.65 bits per heavy atom. The van der Waals surface area contributed by atoms with Crippen molar-refractivity contribution in [2.45, 2.75) is 38.1 Å². The molecule has 0 spiro atoms. The van der Waals surface area contributed by atoms with E-state index in [1.807, 2.05) is 6.07 Å². The monoisotopic (exact) mass is 300 g/mol. The molecule has 0 heterocycles. The molecule has 1 aliphatic rings. The third-order valence-corrected chi connectivity index (χ3v) is 4.45. The molecule has 3 N–H and O–H groups in total. The molecule has 4 heteroatoms. The van der Waals surface area contributed by atoms with E-state index in [-0.39, 0.29) is 11.9 Å². The van der Waals surface area contributed by atoms with E-state index < -0.39 is 0 Å². The summed E-state index contributed by atoms with van der Waals surface area (Å²) in [5, 5.41) is 0. The van der Waals surface area contributed by atoms with Crippen molar-refractivity contribution in [1.29, 1.82) is 0 Å². The Morgan fingerprint density at radius 1 is 1.29 bits per heavy atom. The van der Waals surface area contributed by atoms with Gasteiger partial charge >= 0.3 is 0 Å². The molecular weight excluding hydrogens is 283 g/mol. The summed E-state index contributed by atoms with van der Waals surface area (Å²) in [5.41, 5.74) is 3.79. The summed E-state index contributed by atoms with van der Waals surface area (Å²) in [5.74, 6) is 5.94. The number of halogens is 2. The lowest BCUT2D eigenvalue weighted by molar-refractivity contribution is 0.272. The van der Waals surface area contributed by atoms with Gasteiger partial charge in [0.05, 0.1) is 4.47 Å². The first-order chi connectivity index (χ1) is 8.24. The Balaban J connectivity index is 2.24. The van der Waals surface area contributed by atoms with Gasteiger partial charge in [0, 0.05) is 6.04 Å². The van der Waals surface area contributed by atoms with Crippen molar-refractivity contribution in [3.63, 3.8) is 0 Å². The van der Waals surface area contributed by atoms with Crippen molar-refractivity contribution in [2.75, 3.05) is 0 Å². The maximum Gasteiger partial charge on any atom is 0.137 e. The van der Waals surface area contributed by atoms with Crippen LogP contribution in [0.4, 0.5) is 4.39 Å².